The highest BCUT2D eigenvalue weighted by Crippen LogP contribution is 2.29. The first-order valence-electron chi connectivity index (χ1n) is 12.1. The zero-order valence-electron chi connectivity index (χ0n) is 20.0. The lowest BCUT2D eigenvalue weighted by atomic mass is 9.97. The molecule has 2 saturated heterocycles. The fourth-order valence-electron chi connectivity index (χ4n) is 4.46. The first kappa shape index (κ1) is 25.8. The average molecular weight is 519 g/mol. The van der Waals surface area contributed by atoms with Gasteiger partial charge in [-0.05, 0) is 55.2 Å². The van der Waals surface area contributed by atoms with Crippen molar-refractivity contribution in [3.63, 3.8) is 0 Å². The van der Waals surface area contributed by atoms with E-state index in [0.29, 0.717) is 39.3 Å². The molecule has 0 spiro atoms. The Morgan fingerprint density at radius 3 is 2.34 bits per heavy atom. The topological polar surface area (TPSA) is 73.9 Å². The number of halogens is 2. The normalized spacial score (nSPS) is 17.3. The SMILES string of the molecule is CC1CCN(c2ccc(NC(=O)c3cc(Cl)cc(Cl)c3)cc2C(=O)NCCN2CCOCC2)CC1. The van der Waals surface area contributed by atoms with E-state index >= 15 is 0 Å². The van der Waals surface area contributed by atoms with E-state index in [1.54, 1.807) is 24.3 Å². The van der Waals surface area contributed by atoms with Crippen LogP contribution in [0.3, 0.4) is 0 Å². The Morgan fingerprint density at radius 1 is 0.971 bits per heavy atom. The second kappa shape index (κ2) is 12.1. The van der Waals surface area contributed by atoms with Gasteiger partial charge in [-0.15, -0.1) is 0 Å². The van der Waals surface area contributed by atoms with Crippen molar-refractivity contribution in [2.45, 2.75) is 19.8 Å². The van der Waals surface area contributed by atoms with E-state index in [1.807, 2.05) is 12.1 Å². The van der Waals surface area contributed by atoms with E-state index in [2.05, 4.69) is 27.4 Å². The van der Waals surface area contributed by atoms with Crippen LogP contribution in [0.4, 0.5) is 11.4 Å². The number of morpholine rings is 1. The Kier molecular flexibility index (Phi) is 8.89. The molecular formula is C26H32Cl2N4O3. The molecule has 0 unspecified atom stereocenters. The molecule has 7 nitrogen and oxygen atoms in total. The Balaban J connectivity index is 1.50. The summed E-state index contributed by atoms with van der Waals surface area (Å²) in [6.45, 7) is 8.60. The van der Waals surface area contributed by atoms with Gasteiger partial charge in [-0.3, -0.25) is 14.5 Å². The molecule has 0 radical (unpaired) electrons. The number of nitrogens with one attached hydrogen (secondary N) is 2. The van der Waals surface area contributed by atoms with Crippen LogP contribution in [0.5, 0.6) is 0 Å². The molecule has 2 aromatic rings. The van der Waals surface area contributed by atoms with Crippen LogP contribution in [0.25, 0.3) is 0 Å². The van der Waals surface area contributed by atoms with Gasteiger partial charge in [-0.25, -0.2) is 0 Å². The standard InChI is InChI=1S/C26H32Cl2N4O3/c1-18-4-7-32(8-5-18)24-3-2-22(30-25(33)19-14-20(27)16-21(28)15-19)17-23(24)26(34)29-6-9-31-10-12-35-13-11-31/h2-3,14-18H,4-13H2,1H3,(H,29,34)(H,30,33). The minimum atomic E-state index is -0.340. The number of hydrogen-bond acceptors (Lipinski definition) is 5. The number of benzene rings is 2. The second-order valence-corrected chi connectivity index (χ2v) is 10.1. The van der Waals surface area contributed by atoms with Gasteiger partial charge in [0.15, 0.2) is 0 Å². The fraction of sp³-hybridized carbons (Fsp3) is 0.462. The highest BCUT2D eigenvalue weighted by atomic mass is 35.5. The zero-order valence-corrected chi connectivity index (χ0v) is 21.5. The van der Waals surface area contributed by atoms with Gasteiger partial charge < -0.3 is 20.3 Å². The molecule has 0 aliphatic carbocycles. The molecule has 2 aliphatic rings. The Labute approximate surface area is 216 Å². The third-order valence-corrected chi connectivity index (χ3v) is 7.00. The molecule has 2 heterocycles. The van der Waals surface area contributed by atoms with Gasteiger partial charge in [0.05, 0.1) is 18.8 Å². The maximum absolute atomic E-state index is 13.3. The maximum Gasteiger partial charge on any atom is 0.255 e. The van der Waals surface area contributed by atoms with Gasteiger partial charge in [-0.1, -0.05) is 30.1 Å². The number of hydrogen-bond donors (Lipinski definition) is 2. The number of amides is 2. The number of carbonyl (C=O) groups is 2. The van der Waals surface area contributed by atoms with Crippen molar-refractivity contribution in [3.05, 3.63) is 57.6 Å². The van der Waals surface area contributed by atoms with Gasteiger partial charge in [0, 0.05) is 66.3 Å². The lowest BCUT2D eigenvalue weighted by Crippen LogP contribution is -2.41. The third-order valence-electron chi connectivity index (χ3n) is 6.57. The Hall–Kier alpha value is -2.32. The quantitative estimate of drug-likeness (QED) is 0.562. The maximum atomic E-state index is 13.3. The Morgan fingerprint density at radius 2 is 1.66 bits per heavy atom. The molecule has 2 aromatic carbocycles. The molecule has 0 aromatic heterocycles. The summed E-state index contributed by atoms with van der Waals surface area (Å²) in [4.78, 5) is 30.6. The molecule has 0 atom stereocenters. The number of piperidine rings is 1. The summed E-state index contributed by atoms with van der Waals surface area (Å²) in [5, 5.41) is 6.72. The number of ether oxygens (including phenoxy) is 1. The number of rotatable bonds is 7. The zero-order chi connectivity index (χ0) is 24.8. The molecule has 2 fully saturated rings. The third kappa shape index (κ3) is 7.10. The van der Waals surface area contributed by atoms with Crippen molar-refractivity contribution in [3.8, 4) is 0 Å². The number of carbonyl (C=O) groups excluding carboxylic acids is 2. The van der Waals surface area contributed by atoms with Crippen molar-refractivity contribution < 1.29 is 14.3 Å². The largest absolute Gasteiger partial charge is 0.379 e. The lowest BCUT2D eigenvalue weighted by Gasteiger charge is -2.33. The summed E-state index contributed by atoms with van der Waals surface area (Å²) >= 11 is 12.1. The highest BCUT2D eigenvalue weighted by Gasteiger charge is 2.22. The van der Waals surface area contributed by atoms with Crippen LogP contribution >= 0.6 is 23.2 Å². The van der Waals surface area contributed by atoms with Crippen LogP contribution in [0, 0.1) is 5.92 Å². The van der Waals surface area contributed by atoms with Gasteiger partial charge in [-0.2, -0.15) is 0 Å². The second-order valence-electron chi connectivity index (χ2n) is 9.22. The van der Waals surface area contributed by atoms with E-state index in [9.17, 15) is 9.59 Å². The summed E-state index contributed by atoms with van der Waals surface area (Å²) in [5.74, 6) is 0.196. The first-order valence-corrected chi connectivity index (χ1v) is 12.9. The van der Waals surface area contributed by atoms with Gasteiger partial charge in [0.2, 0.25) is 0 Å². The molecule has 9 heteroatoms. The summed E-state index contributed by atoms with van der Waals surface area (Å²) < 4.78 is 5.39. The monoisotopic (exact) mass is 518 g/mol. The smallest absolute Gasteiger partial charge is 0.255 e. The van der Waals surface area contributed by atoms with Crippen LogP contribution < -0.4 is 15.5 Å². The molecule has 0 bridgehead atoms. The van der Waals surface area contributed by atoms with Crippen molar-refractivity contribution in [1.29, 1.82) is 0 Å². The van der Waals surface area contributed by atoms with Gasteiger partial charge >= 0.3 is 0 Å². The molecule has 2 aliphatic heterocycles. The summed E-state index contributed by atoms with van der Waals surface area (Å²) in [5.41, 5.74) is 2.35. The summed E-state index contributed by atoms with van der Waals surface area (Å²) in [6.07, 6.45) is 2.18. The van der Waals surface area contributed by atoms with E-state index in [0.717, 1.165) is 64.5 Å². The van der Waals surface area contributed by atoms with E-state index < -0.39 is 0 Å². The van der Waals surface area contributed by atoms with Gasteiger partial charge in [0.25, 0.3) is 11.8 Å². The predicted molar refractivity (Wildman–Crippen MR) is 141 cm³/mol. The minimum Gasteiger partial charge on any atom is -0.379 e. The molecule has 35 heavy (non-hydrogen) atoms. The predicted octanol–water partition coefficient (Wildman–Crippen LogP) is 4.54. The van der Waals surface area contributed by atoms with Crippen LogP contribution in [0.15, 0.2) is 36.4 Å². The van der Waals surface area contributed by atoms with Crippen LogP contribution in [0.1, 0.15) is 40.5 Å². The van der Waals surface area contributed by atoms with Gasteiger partial charge in [0.1, 0.15) is 0 Å². The summed E-state index contributed by atoms with van der Waals surface area (Å²) in [7, 11) is 0. The molecule has 2 amide bonds. The molecule has 2 N–H and O–H groups in total. The molecule has 0 saturated carbocycles. The number of anilines is 2. The van der Waals surface area contributed by atoms with Crippen molar-refractivity contribution >= 4 is 46.4 Å². The van der Waals surface area contributed by atoms with Crippen LogP contribution in [-0.4, -0.2) is 69.2 Å². The molecule has 4 rings (SSSR count). The fourth-order valence-corrected chi connectivity index (χ4v) is 4.98. The van der Waals surface area contributed by atoms with Crippen LogP contribution in [0.2, 0.25) is 10.0 Å². The summed E-state index contributed by atoms with van der Waals surface area (Å²) in [6, 6.07) is 10.2. The first-order chi connectivity index (χ1) is 16.9. The lowest BCUT2D eigenvalue weighted by molar-refractivity contribution is 0.0383. The minimum absolute atomic E-state index is 0.145. The highest BCUT2D eigenvalue weighted by molar-refractivity contribution is 6.35. The molecular weight excluding hydrogens is 487 g/mol. The van der Waals surface area contributed by atoms with E-state index in [4.69, 9.17) is 27.9 Å². The number of nitrogens with zero attached hydrogens (tertiary/aromatic N) is 2. The Bertz CT molecular complexity index is 1030. The van der Waals surface area contributed by atoms with Crippen molar-refractivity contribution in [2.75, 3.05) is 62.7 Å². The van der Waals surface area contributed by atoms with Crippen LogP contribution in [-0.2, 0) is 4.74 Å². The molecule has 188 valence electrons. The van der Waals surface area contributed by atoms with E-state index in [-0.39, 0.29) is 11.8 Å². The van der Waals surface area contributed by atoms with Crippen molar-refractivity contribution in [2.24, 2.45) is 5.92 Å². The van der Waals surface area contributed by atoms with Crippen molar-refractivity contribution in [1.82, 2.24) is 10.2 Å². The average Bonchev–Trinajstić information content (AvgIpc) is 2.84. The van der Waals surface area contributed by atoms with E-state index in [1.165, 1.54) is 0 Å².